The number of anilines is 1. The Morgan fingerprint density at radius 2 is 2.24 bits per heavy atom. The fourth-order valence-corrected chi connectivity index (χ4v) is 4.60. The number of benzene rings is 1. The molecular weight excluding hydrogens is 405 g/mol. The monoisotopic (exact) mass is 421 g/mol. The molecule has 2 aliphatic heterocycles. The van der Waals surface area contributed by atoms with Crippen molar-refractivity contribution in [1.82, 2.24) is 0 Å². The Kier molecular flexibility index (Phi) is 3.65. The Morgan fingerprint density at radius 1 is 1.52 bits per heavy atom. The molecule has 1 saturated heterocycles. The third-order valence-corrected chi connectivity index (χ3v) is 5.55. The van der Waals surface area contributed by atoms with E-state index in [1.165, 1.54) is 0 Å². The third kappa shape index (κ3) is 2.43. The molecule has 0 bridgehead atoms. The Hall–Kier alpha value is -0.530. The molecule has 0 radical (unpaired) electrons. The minimum absolute atomic E-state index is 0.303. The van der Waals surface area contributed by atoms with E-state index >= 15 is 0 Å². The van der Waals surface area contributed by atoms with E-state index in [9.17, 15) is 4.79 Å². The molecule has 114 valence electrons. The van der Waals surface area contributed by atoms with Gasteiger partial charge in [0.15, 0.2) is 6.23 Å². The fraction of sp³-hybridized carbons (Fsp3) is 0.533. The van der Waals surface area contributed by atoms with Crippen LogP contribution in [0.3, 0.4) is 0 Å². The van der Waals surface area contributed by atoms with Gasteiger partial charge in [-0.25, -0.2) is 9.69 Å². The molecule has 0 aromatic heterocycles. The molecule has 1 aromatic carbocycles. The summed E-state index contributed by atoms with van der Waals surface area (Å²) >= 11 is 8.75. The van der Waals surface area contributed by atoms with E-state index < -0.39 is 11.7 Å². The summed E-state index contributed by atoms with van der Waals surface area (Å²) in [6, 6.07) is 5.60. The van der Waals surface area contributed by atoms with Crippen LogP contribution in [0.2, 0.25) is 5.02 Å². The van der Waals surface area contributed by atoms with Gasteiger partial charge in [-0.1, -0.05) is 40.3 Å². The van der Waals surface area contributed by atoms with Crippen molar-refractivity contribution in [3.05, 3.63) is 28.8 Å². The highest BCUT2D eigenvalue weighted by Crippen LogP contribution is 2.57. The lowest BCUT2D eigenvalue weighted by molar-refractivity contribution is 0.0414. The molecule has 0 unspecified atom stereocenters. The van der Waals surface area contributed by atoms with Gasteiger partial charge >= 0.3 is 6.09 Å². The second-order valence-electron chi connectivity index (χ2n) is 6.32. The van der Waals surface area contributed by atoms with Gasteiger partial charge in [-0.2, -0.15) is 0 Å². The number of amides is 1. The average Bonchev–Trinajstić information content (AvgIpc) is 2.79. The minimum atomic E-state index is -0.551. The summed E-state index contributed by atoms with van der Waals surface area (Å²) < 4.78 is 11.1. The molecule has 0 N–H and O–H groups in total. The van der Waals surface area contributed by atoms with E-state index in [0.717, 1.165) is 17.7 Å². The Labute approximate surface area is 142 Å². The summed E-state index contributed by atoms with van der Waals surface area (Å²) in [7, 11) is 0. The zero-order valence-electron chi connectivity index (χ0n) is 12.2. The van der Waals surface area contributed by atoms with Gasteiger partial charge in [0.2, 0.25) is 0 Å². The molecule has 2 aliphatic rings. The predicted octanol–water partition coefficient (Wildman–Crippen LogP) is 4.47. The highest BCUT2D eigenvalue weighted by Gasteiger charge is 2.57. The number of ether oxygens (including phenoxy) is 2. The molecule has 0 aliphatic carbocycles. The number of carbonyl (C=O) groups excluding carboxylic acids is 1. The van der Waals surface area contributed by atoms with Gasteiger partial charge in [0, 0.05) is 10.6 Å². The quantitative estimate of drug-likeness (QED) is 0.458. The smallest absolute Gasteiger partial charge is 0.417 e. The second-order valence-corrected chi connectivity index (χ2v) is 8.65. The second kappa shape index (κ2) is 4.99. The Balaban J connectivity index is 2.07. The first-order chi connectivity index (χ1) is 9.74. The first-order valence-corrected chi connectivity index (χ1v) is 8.31. The molecule has 6 heteroatoms. The number of nitrogens with zero attached hydrogens (tertiary/aromatic N) is 1. The predicted molar refractivity (Wildman–Crippen MR) is 90.2 cm³/mol. The van der Waals surface area contributed by atoms with Crippen molar-refractivity contribution in [3.8, 4) is 0 Å². The first-order valence-electron chi connectivity index (χ1n) is 6.86. The first kappa shape index (κ1) is 15.4. The van der Waals surface area contributed by atoms with E-state index in [1.54, 1.807) is 4.90 Å². The number of rotatable bonds is 0. The van der Waals surface area contributed by atoms with Gasteiger partial charge in [0.1, 0.15) is 5.60 Å². The zero-order valence-corrected chi connectivity index (χ0v) is 15.1. The number of hydrogen-bond donors (Lipinski definition) is 0. The van der Waals surface area contributed by atoms with Crippen molar-refractivity contribution in [3.63, 3.8) is 0 Å². The minimum Gasteiger partial charge on any atom is -0.443 e. The highest BCUT2D eigenvalue weighted by atomic mass is 127. The molecule has 3 rings (SSSR count). The molecule has 2 atom stereocenters. The zero-order chi connectivity index (χ0) is 15.4. The number of hydrogen-bond acceptors (Lipinski definition) is 3. The average molecular weight is 422 g/mol. The number of fused-ring (bicyclic) bond motifs is 3. The molecule has 1 fully saturated rings. The third-order valence-electron chi connectivity index (χ3n) is 3.62. The SMILES string of the molecule is CC(C)(C)OC(=O)N1c2cccc(Cl)c2[C@]2(I)CCO[C@H]12. The van der Waals surface area contributed by atoms with Crippen molar-refractivity contribution < 1.29 is 14.3 Å². The topological polar surface area (TPSA) is 38.8 Å². The van der Waals surface area contributed by atoms with Gasteiger partial charge in [0.05, 0.1) is 15.7 Å². The fourth-order valence-electron chi connectivity index (χ4n) is 2.86. The summed E-state index contributed by atoms with van der Waals surface area (Å²) in [6.07, 6.45) is 0.0770. The van der Waals surface area contributed by atoms with E-state index in [0.29, 0.717) is 11.6 Å². The van der Waals surface area contributed by atoms with Crippen molar-refractivity contribution >= 4 is 46.0 Å². The van der Waals surface area contributed by atoms with Gasteiger partial charge in [-0.15, -0.1) is 0 Å². The lowest BCUT2D eigenvalue weighted by Gasteiger charge is -2.29. The van der Waals surface area contributed by atoms with Crippen molar-refractivity contribution in [2.24, 2.45) is 0 Å². The molecule has 21 heavy (non-hydrogen) atoms. The van der Waals surface area contributed by atoms with E-state index in [1.807, 2.05) is 39.0 Å². The van der Waals surface area contributed by atoms with Crippen LogP contribution in [-0.2, 0) is 12.9 Å². The Bertz CT molecular complexity index is 601. The number of halogens is 2. The number of carbonyl (C=O) groups is 1. The van der Waals surface area contributed by atoms with Crippen LogP contribution in [0.1, 0.15) is 32.8 Å². The Morgan fingerprint density at radius 3 is 2.90 bits per heavy atom. The van der Waals surface area contributed by atoms with Crippen LogP contribution >= 0.6 is 34.2 Å². The largest absolute Gasteiger partial charge is 0.443 e. The van der Waals surface area contributed by atoms with Gasteiger partial charge < -0.3 is 9.47 Å². The van der Waals surface area contributed by atoms with Crippen LogP contribution in [0.4, 0.5) is 10.5 Å². The molecule has 4 nitrogen and oxygen atoms in total. The lowest BCUT2D eigenvalue weighted by Crippen LogP contribution is -2.45. The van der Waals surface area contributed by atoms with Gasteiger partial charge in [-0.3, -0.25) is 0 Å². The van der Waals surface area contributed by atoms with E-state index in [4.69, 9.17) is 21.1 Å². The molecule has 0 saturated carbocycles. The highest BCUT2D eigenvalue weighted by molar-refractivity contribution is 14.1. The van der Waals surface area contributed by atoms with E-state index in [-0.39, 0.29) is 9.65 Å². The van der Waals surface area contributed by atoms with Crippen LogP contribution in [0.25, 0.3) is 0 Å². The van der Waals surface area contributed by atoms with Crippen LogP contribution in [0.5, 0.6) is 0 Å². The van der Waals surface area contributed by atoms with Crippen LogP contribution in [-0.4, -0.2) is 24.5 Å². The summed E-state index contributed by atoms with van der Waals surface area (Å²) in [5.74, 6) is 0. The summed E-state index contributed by atoms with van der Waals surface area (Å²) in [5.41, 5.74) is 1.21. The molecule has 1 amide bonds. The number of alkyl halides is 1. The molecule has 2 heterocycles. The van der Waals surface area contributed by atoms with Crippen LogP contribution in [0, 0.1) is 0 Å². The van der Waals surface area contributed by atoms with Crippen molar-refractivity contribution in [1.29, 1.82) is 0 Å². The normalized spacial score (nSPS) is 27.5. The van der Waals surface area contributed by atoms with Crippen LogP contribution < -0.4 is 4.90 Å². The maximum absolute atomic E-state index is 12.6. The van der Waals surface area contributed by atoms with Gasteiger partial charge in [0.25, 0.3) is 0 Å². The van der Waals surface area contributed by atoms with Gasteiger partial charge in [-0.05, 0) is 39.3 Å². The maximum Gasteiger partial charge on any atom is 0.417 e. The molecule has 0 spiro atoms. The summed E-state index contributed by atoms with van der Waals surface area (Å²) in [5, 5.41) is 0.670. The van der Waals surface area contributed by atoms with E-state index in [2.05, 4.69) is 22.6 Å². The summed E-state index contributed by atoms with van der Waals surface area (Å²) in [6.45, 7) is 6.17. The lowest BCUT2D eigenvalue weighted by atomic mass is 9.98. The summed E-state index contributed by atoms with van der Waals surface area (Å²) in [4.78, 5) is 14.2. The molecular formula is C15H17ClINO3. The molecule has 1 aromatic rings. The van der Waals surface area contributed by atoms with Crippen molar-refractivity contribution in [2.75, 3.05) is 11.5 Å². The van der Waals surface area contributed by atoms with Crippen molar-refractivity contribution in [2.45, 2.75) is 42.4 Å². The standard InChI is InChI=1S/C15H17ClINO3/c1-14(2,3)21-13(19)18-10-6-4-5-9(16)11(10)15(17)7-8-20-12(15)18/h4-6,12H,7-8H2,1-3H3/t12-,15+/m0/s1. The van der Waals surface area contributed by atoms with Crippen LogP contribution in [0.15, 0.2) is 18.2 Å². The maximum atomic E-state index is 12.6.